The van der Waals surface area contributed by atoms with Crippen molar-refractivity contribution in [2.24, 2.45) is 11.8 Å². The van der Waals surface area contributed by atoms with Crippen LogP contribution in [0.4, 0.5) is 4.79 Å². The van der Waals surface area contributed by atoms with Crippen LogP contribution in [0.3, 0.4) is 0 Å². The third-order valence-electron chi connectivity index (χ3n) is 3.81. The number of benzene rings is 2. The Balaban J connectivity index is 1.93. The number of hydrazine groups is 1. The zero-order chi connectivity index (χ0) is 18.9. The number of amides is 1. The SMILES string of the molecule is CC(C)C(C(=O)OCc1ccccc1)N(N)C(=O)OCc1ccccc1. The smallest absolute Gasteiger partial charge is 0.425 e. The summed E-state index contributed by atoms with van der Waals surface area (Å²) in [5.74, 6) is 5.06. The second-order valence-corrected chi connectivity index (χ2v) is 6.23. The van der Waals surface area contributed by atoms with Crippen LogP contribution in [0, 0.1) is 5.92 Å². The minimum absolute atomic E-state index is 0.0806. The molecule has 0 bridgehead atoms. The molecule has 1 atom stereocenters. The van der Waals surface area contributed by atoms with E-state index in [0.29, 0.717) is 0 Å². The highest BCUT2D eigenvalue weighted by molar-refractivity contribution is 5.81. The van der Waals surface area contributed by atoms with Gasteiger partial charge in [-0.05, 0) is 17.0 Å². The lowest BCUT2D eigenvalue weighted by atomic mass is 10.0. The standard InChI is InChI=1S/C20H24N2O4/c1-15(2)18(19(23)25-13-16-9-5-3-6-10-16)22(21)20(24)26-14-17-11-7-4-8-12-17/h3-12,15,18H,13-14,21H2,1-2H3. The number of hydrogen-bond acceptors (Lipinski definition) is 5. The van der Waals surface area contributed by atoms with E-state index in [1.54, 1.807) is 13.8 Å². The van der Waals surface area contributed by atoms with Crippen LogP contribution >= 0.6 is 0 Å². The van der Waals surface area contributed by atoms with Crippen molar-refractivity contribution in [3.8, 4) is 0 Å². The third-order valence-corrected chi connectivity index (χ3v) is 3.81. The van der Waals surface area contributed by atoms with E-state index in [-0.39, 0.29) is 19.1 Å². The number of ether oxygens (including phenoxy) is 2. The van der Waals surface area contributed by atoms with Gasteiger partial charge in [-0.3, -0.25) is 0 Å². The molecule has 26 heavy (non-hydrogen) atoms. The Bertz CT molecular complexity index is 704. The Morgan fingerprint density at radius 2 is 1.35 bits per heavy atom. The highest BCUT2D eigenvalue weighted by atomic mass is 16.6. The summed E-state index contributed by atoms with van der Waals surface area (Å²) in [6, 6.07) is 17.6. The minimum Gasteiger partial charge on any atom is -0.459 e. The average Bonchev–Trinajstić information content (AvgIpc) is 2.66. The lowest BCUT2D eigenvalue weighted by molar-refractivity contribution is -0.152. The van der Waals surface area contributed by atoms with E-state index in [4.69, 9.17) is 15.3 Å². The van der Waals surface area contributed by atoms with Crippen molar-refractivity contribution in [1.29, 1.82) is 0 Å². The van der Waals surface area contributed by atoms with Gasteiger partial charge in [0.05, 0.1) is 0 Å². The Labute approximate surface area is 153 Å². The maximum Gasteiger partial charge on any atom is 0.425 e. The fourth-order valence-electron chi connectivity index (χ4n) is 2.43. The zero-order valence-corrected chi connectivity index (χ0v) is 15.0. The van der Waals surface area contributed by atoms with E-state index in [2.05, 4.69) is 0 Å². The van der Waals surface area contributed by atoms with E-state index >= 15 is 0 Å². The molecule has 138 valence electrons. The number of nitrogens with two attached hydrogens (primary N) is 1. The van der Waals surface area contributed by atoms with Crippen molar-refractivity contribution < 1.29 is 19.1 Å². The van der Waals surface area contributed by atoms with Crippen LogP contribution in [0.1, 0.15) is 25.0 Å². The van der Waals surface area contributed by atoms with Gasteiger partial charge in [-0.15, -0.1) is 0 Å². The Morgan fingerprint density at radius 3 is 1.81 bits per heavy atom. The molecule has 0 aromatic heterocycles. The van der Waals surface area contributed by atoms with Crippen LogP contribution in [0.15, 0.2) is 60.7 Å². The van der Waals surface area contributed by atoms with Gasteiger partial charge in [0.1, 0.15) is 13.2 Å². The van der Waals surface area contributed by atoms with Crippen LogP contribution < -0.4 is 5.84 Å². The summed E-state index contributed by atoms with van der Waals surface area (Å²) in [7, 11) is 0. The molecule has 0 saturated heterocycles. The number of esters is 1. The molecule has 1 amide bonds. The van der Waals surface area contributed by atoms with E-state index in [9.17, 15) is 9.59 Å². The molecule has 0 aliphatic rings. The van der Waals surface area contributed by atoms with Crippen LogP contribution in [0.5, 0.6) is 0 Å². The van der Waals surface area contributed by atoms with Gasteiger partial charge in [-0.1, -0.05) is 74.5 Å². The van der Waals surface area contributed by atoms with Gasteiger partial charge in [-0.25, -0.2) is 20.4 Å². The number of carbonyl (C=O) groups excluding carboxylic acids is 2. The molecule has 0 saturated carbocycles. The van der Waals surface area contributed by atoms with Crippen molar-refractivity contribution in [2.75, 3.05) is 0 Å². The Kier molecular flexibility index (Phi) is 7.17. The van der Waals surface area contributed by atoms with Crippen molar-refractivity contribution in [3.05, 3.63) is 71.8 Å². The predicted octanol–water partition coefficient (Wildman–Crippen LogP) is 3.27. The summed E-state index contributed by atoms with van der Waals surface area (Å²) >= 11 is 0. The zero-order valence-electron chi connectivity index (χ0n) is 15.0. The van der Waals surface area contributed by atoms with Gasteiger partial charge in [0, 0.05) is 0 Å². The Hall–Kier alpha value is -2.86. The van der Waals surface area contributed by atoms with Gasteiger partial charge < -0.3 is 9.47 Å². The van der Waals surface area contributed by atoms with Crippen molar-refractivity contribution in [1.82, 2.24) is 5.01 Å². The van der Waals surface area contributed by atoms with Gasteiger partial charge in [0.2, 0.25) is 0 Å². The Morgan fingerprint density at radius 1 is 0.885 bits per heavy atom. The fraction of sp³-hybridized carbons (Fsp3) is 0.300. The molecular formula is C20H24N2O4. The highest BCUT2D eigenvalue weighted by Gasteiger charge is 2.33. The topological polar surface area (TPSA) is 81.9 Å². The van der Waals surface area contributed by atoms with E-state index in [1.165, 1.54) is 0 Å². The highest BCUT2D eigenvalue weighted by Crippen LogP contribution is 2.13. The van der Waals surface area contributed by atoms with Crippen molar-refractivity contribution in [3.63, 3.8) is 0 Å². The van der Waals surface area contributed by atoms with E-state index in [0.717, 1.165) is 16.1 Å². The molecule has 0 radical (unpaired) electrons. The summed E-state index contributed by atoms with van der Waals surface area (Å²) in [5, 5.41) is 0.806. The summed E-state index contributed by atoms with van der Waals surface area (Å²) < 4.78 is 10.5. The fourth-order valence-corrected chi connectivity index (χ4v) is 2.43. The lowest BCUT2D eigenvalue weighted by Gasteiger charge is -2.28. The molecule has 0 spiro atoms. The van der Waals surface area contributed by atoms with Crippen LogP contribution in [0.2, 0.25) is 0 Å². The number of carbonyl (C=O) groups is 2. The molecule has 6 heteroatoms. The molecule has 0 fully saturated rings. The second kappa shape index (κ2) is 9.58. The summed E-state index contributed by atoms with van der Waals surface area (Å²) in [5.41, 5.74) is 1.69. The monoisotopic (exact) mass is 356 g/mol. The van der Waals surface area contributed by atoms with Gasteiger partial charge in [0.15, 0.2) is 6.04 Å². The minimum atomic E-state index is -0.929. The largest absolute Gasteiger partial charge is 0.459 e. The van der Waals surface area contributed by atoms with E-state index in [1.807, 2.05) is 60.7 Å². The molecule has 0 aliphatic carbocycles. The van der Waals surface area contributed by atoms with Crippen LogP contribution in [-0.2, 0) is 27.5 Å². The molecule has 1 unspecified atom stereocenters. The third kappa shape index (κ3) is 5.60. The molecular weight excluding hydrogens is 332 g/mol. The van der Waals surface area contributed by atoms with Crippen molar-refractivity contribution in [2.45, 2.75) is 33.1 Å². The number of hydrogen-bond donors (Lipinski definition) is 1. The first-order valence-corrected chi connectivity index (χ1v) is 8.44. The number of nitrogens with zero attached hydrogens (tertiary/aromatic N) is 1. The predicted molar refractivity (Wildman–Crippen MR) is 97.5 cm³/mol. The van der Waals surface area contributed by atoms with Gasteiger partial charge >= 0.3 is 12.1 Å². The summed E-state index contributed by atoms with van der Waals surface area (Å²) in [6.45, 7) is 3.78. The normalized spacial score (nSPS) is 11.7. The lowest BCUT2D eigenvalue weighted by Crippen LogP contribution is -2.52. The van der Waals surface area contributed by atoms with Gasteiger partial charge in [0.25, 0.3) is 0 Å². The molecule has 2 aromatic carbocycles. The first-order valence-electron chi connectivity index (χ1n) is 8.44. The maximum atomic E-state index is 12.4. The molecule has 0 aliphatic heterocycles. The first-order chi connectivity index (χ1) is 12.5. The van der Waals surface area contributed by atoms with Crippen molar-refractivity contribution >= 4 is 12.1 Å². The maximum absolute atomic E-state index is 12.4. The molecule has 2 rings (SSSR count). The summed E-state index contributed by atoms with van der Waals surface area (Å²) in [6.07, 6.45) is -0.774. The van der Waals surface area contributed by atoms with Crippen LogP contribution in [-0.4, -0.2) is 23.1 Å². The van der Waals surface area contributed by atoms with Crippen LogP contribution in [0.25, 0.3) is 0 Å². The first kappa shape index (κ1) is 19.5. The molecule has 2 N–H and O–H groups in total. The average molecular weight is 356 g/mol. The van der Waals surface area contributed by atoms with E-state index < -0.39 is 18.1 Å². The molecule has 0 heterocycles. The molecule has 6 nitrogen and oxygen atoms in total. The van der Waals surface area contributed by atoms with Gasteiger partial charge in [-0.2, -0.15) is 0 Å². The number of rotatable bonds is 7. The summed E-state index contributed by atoms with van der Waals surface area (Å²) in [4.78, 5) is 24.6. The quantitative estimate of drug-likeness (QED) is 0.356. The second-order valence-electron chi connectivity index (χ2n) is 6.23. The molecule has 2 aromatic rings.